The first-order chi connectivity index (χ1) is 11.8. The first kappa shape index (κ1) is 16.5. The van der Waals surface area contributed by atoms with Crippen LogP contribution in [-0.2, 0) is 9.47 Å². The van der Waals surface area contributed by atoms with Gasteiger partial charge in [-0.3, -0.25) is 5.43 Å². The molecule has 0 radical (unpaired) electrons. The Morgan fingerprint density at radius 3 is 3.00 bits per heavy atom. The summed E-state index contributed by atoms with van der Waals surface area (Å²) in [7, 11) is 1.59. The van der Waals surface area contributed by atoms with Crippen LogP contribution in [0.3, 0.4) is 0 Å². The number of benzene rings is 1. The van der Waals surface area contributed by atoms with Gasteiger partial charge in [0.05, 0.1) is 26.5 Å². The molecule has 1 aromatic heterocycles. The van der Waals surface area contributed by atoms with E-state index in [-0.39, 0.29) is 12.9 Å². The van der Waals surface area contributed by atoms with Gasteiger partial charge in [0.1, 0.15) is 12.4 Å². The number of hydrazone groups is 1. The van der Waals surface area contributed by atoms with Gasteiger partial charge in [0.15, 0.2) is 17.8 Å². The summed E-state index contributed by atoms with van der Waals surface area (Å²) < 4.78 is 21.9. The van der Waals surface area contributed by atoms with Gasteiger partial charge >= 0.3 is 0 Å². The molecule has 24 heavy (non-hydrogen) atoms. The first-order valence-corrected chi connectivity index (χ1v) is 8.17. The van der Waals surface area contributed by atoms with E-state index in [0.29, 0.717) is 35.7 Å². The summed E-state index contributed by atoms with van der Waals surface area (Å²) >= 11 is 1.37. The molecule has 8 nitrogen and oxygen atoms in total. The number of aromatic nitrogens is 1. The molecule has 2 heterocycles. The Hall–Kier alpha value is -2.36. The lowest BCUT2D eigenvalue weighted by atomic mass is 10.2. The number of hydrogen-bond acceptors (Lipinski definition) is 9. The Labute approximate surface area is 143 Å². The van der Waals surface area contributed by atoms with E-state index in [4.69, 9.17) is 24.7 Å². The minimum absolute atomic E-state index is 0.275. The quantitative estimate of drug-likeness (QED) is 0.581. The number of methoxy groups -OCH3 is 1. The van der Waals surface area contributed by atoms with Crippen LogP contribution in [0.5, 0.6) is 11.5 Å². The third-order valence-corrected chi connectivity index (χ3v) is 3.93. The van der Waals surface area contributed by atoms with E-state index < -0.39 is 0 Å². The van der Waals surface area contributed by atoms with Gasteiger partial charge in [-0.05, 0) is 12.1 Å². The molecule has 0 amide bonds. The Kier molecular flexibility index (Phi) is 5.47. The minimum atomic E-state index is -0.365. The number of rotatable bonds is 7. The number of nitrogens with zero attached hydrogens (tertiary/aromatic N) is 2. The lowest BCUT2D eigenvalue weighted by Crippen LogP contribution is -2.19. The highest BCUT2D eigenvalue weighted by Gasteiger charge is 2.18. The molecule has 0 bridgehead atoms. The molecule has 3 rings (SSSR count). The van der Waals surface area contributed by atoms with Crippen LogP contribution in [0, 0.1) is 0 Å². The smallest absolute Gasteiger partial charge is 0.205 e. The van der Waals surface area contributed by atoms with Crippen molar-refractivity contribution in [3.8, 4) is 11.5 Å². The number of anilines is 2. The van der Waals surface area contributed by atoms with Crippen LogP contribution < -0.4 is 20.6 Å². The standard InChI is InChI=1S/C15H18N4O4S/c1-20-11-4-2-3-10(7-17-19-15-18-12(16)9-24-15)14(11)23-8-13-21-5-6-22-13/h2-4,7,9,13H,5-6,8,16H2,1H3,(H,18,19). The molecule has 0 atom stereocenters. The predicted octanol–water partition coefficient (Wildman–Crippen LogP) is 1.93. The van der Waals surface area contributed by atoms with E-state index in [1.165, 1.54) is 11.3 Å². The first-order valence-electron chi connectivity index (χ1n) is 7.29. The zero-order valence-electron chi connectivity index (χ0n) is 13.1. The summed E-state index contributed by atoms with van der Waals surface area (Å²) in [6.45, 7) is 1.43. The number of para-hydroxylation sites is 1. The van der Waals surface area contributed by atoms with Crippen LogP contribution in [0.2, 0.25) is 0 Å². The Morgan fingerprint density at radius 2 is 2.29 bits per heavy atom. The van der Waals surface area contributed by atoms with Gasteiger partial charge in [-0.25, -0.2) is 4.98 Å². The molecule has 1 aliphatic rings. The molecule has 0 saturated carbocycles. The molecule has 0 spiro atoms. The zero-order chi connectivity index (χ0) is 16.8. The predicted molar refractivity (Wildman–Crippen MR) is 91.9 cm³/mol. The summed E-state index contributed by atoms with van der Waals surface area (Å²) in [5.41, 5.74) is 9.15. The molecule has 1 fully saturated rings. The number of nitrogen functional groups attached to an aromatic ring is 1. The third-order valence-electron chi connectivity index (χ3n) is 3.17. The maximum atomic E-state index is 5.82. The molecular formula is C15H18N4O4S. The number of nitrogens with one attached hydrogen (secondary N) is 1. The largest absolute Gasteiger partial charge is 0.493 e. The van der Waals surface area contributed by atoms with Crippen LogP contribution in [0.15, 0.2) is 28.7 Å². The SMILES string of the molecule is COc1cccc(C=NNc2nc(N)cs2)c1OCC1OCCO1. The summed E-state index contributed by atoms with van der Waals surface area (Å²) in [4.78, 5) is 4.07. The van der Waals surface area contributed by atoms with E-state index in [2.05, 4.69) is 15.5 Å². The van der Waals surface area contributed by atoms with Crippen molar-refractivity contribution >= 4 is 28.5 Å². The maximum absolute atomic E-state index is 5.82. The van der Waals surface area contributed by atoms with Crippen molar-refractivity contribution in [3.63, 3.8) is 0 Å². The van der Waals surface area contributed by atoms with Gasteiger partial charge in [0, 0.05) is 10.9 Å². The van der Waals surface area contributed by atoms with Crippen molar-refractivity contribution in [1.29, 1.82) is 0 Å². The normalized spacial score (nSPS) is 15.0. The van der Waals surface area contributed by atoms with Gasteiger partial charge in [-0.1, -0.05) is 6.07 Å². The van der Waals surface area contributed by atoms with Crippen LogP contribution in [0.1, 0.15) is 5.56 Å². The lowest BCUT2D eigenvalue weighted by molar-refractivity contribution is -0.0687. The van der Waals surface area contributed by atoms with Gasteiger partial charge in [0.2, 0.25) is 5.13 Å². The summed E-state index contributed by atoms with van der Waals surface area (Å²) in [6.07, 6.45) is 1.27. The topological polar surface area (TPSA) is 100 Å². The zero-order valence-corrected chi connectivity index (χ0v) is 13.9. The molecular weight excluding hydrogens is 332 g/mol. The fraction of sp³-hybridized carbons (Fsp3) is 0.333. The average molecular weight is 350 g/mol. The number of thiazole rings is 1. The second-order valence-electron chi connectivity index (χ2n) is 4.81. The Morgan fingerprint density at radius 1 is 1.46 bits per heavy atom. The fourth-order valence-corrected chi connectivity index (χ4v) is 2.65. The average Bonchev–Trinajstić information content (AvgIpc) is 3.25. The summed E-state index contributed by atoms with van der Waals surface area (Å²) in [5.74, 6) is 1.64. The van der Waals surface area contributed by atoms with Crippen molar-refractivity contribution in [2.45, 2.75) is 6.29 Å². The fourth-order valence-electron chi connectivity index (χ4n) is 2.10. The molecule has 3 N–H and O–H groups in total. The molecule has 9 heteroatoms. The van der Waals surface area contributed by atoms with E-state index in [1.807, 2.05) is 18.2 Å². The molecule has 128 valence electrons. The lowest BCUT2D eigenvalue weighted by Gasteiger charge is -2.15. The summed E-state index contributed by atoms with van der Waals surface area (Å²) in [6, 6.07) is 5.55. The number of hydrogen-bond donors (Lipinski definition) is 2. The van der Waals surface area contributed by atoms with Crippen molar-refractivity contribution in [2.24, 2.45) is 5.10 Å². The maximum Gasteiger partial charge on any atom is 0.205 e. The van der Waals surface area contributed by atoms with E-state index in [0.717, 1.165) is 5.56 Å². The van der Waals surface area contributed by atoms with Crippen LogP contribution in [-0.4, -0.2) is 44.4 Å². The molecule has 1 saturated heterocycles. The van der Waals surface area contributed by atoms with Gasteiger partial charge in [-0.15, -0.1) is 11.3 Å². The molecule has 2 aromatic rings. The molecule has 1 aliphatic heterocycles. The van der Waals surface area contributed by atoms with Crippen LogP contribution >= 0.6 is 11.3 Å². The van der Waals surface area contributed by atoms with Crippen LogP contribution in [0.25, 0.3) is 0 Å². The Balaban J connectivity index is 1.70. The second kappa shape index (κ2) is 7.95. The summed E-state index contributed by atoms with van der Waals surface area (Å²) in [5, 5.41) is 6.51. The van der Waals surface area contributed by atoms with Gasteiger partial charge in [0.25, 0.3) is 0 Å². The Bertz CT molecular complexity index is 701. The molecule has 1 aromatic carbocycles. The minimum Gasteiger partial charge on any atom is -0.493 e. The highest BCUT2D eigenvalue weighted by atomic mass is 32.1. The highest BCUT2D eigenvalue weighted by molar-refractivity contribution is 7.14. The number of ether oxygens (including phenoxy) is 4. The van der Waals surface area contributed by atoms with Crippen molar-refractivity contribution < 1.29 is 18.9 Å². The second-order valence-corrected chi connectivity index (χ2v) is 5.67. The van der Waals surface area contributed by atoms with Crippen molar-refractivity contribution in [1.82, 2.24) is 4.98 Å². The highest BCUT2D eigenvalue weighted by Crippen LogP contribution is 2.30. The van der Waals surface area contributed by atoms with Gasteiger partial charge < -0.3 is 24.7 Å². The molecule has 0 unspecified atom stereocenters. The van der Waals surface area contributed by atoms with Crippen LogP contribution in [0.4, 0.5) is 10.9 Å². The number of nitrogens with two attached hydrogens (primary N) is 1. The third kappa shape index (κ3) is 4.13. The van der Waals surface area contributed by atoms with Gasteiger partial charge in [-0.2, -0.15) is 5.10 Å². The van der Waals surface area contributed by atoms with Crippen molar-refractivity contribution in [3.05, 3.63) is 29.1 Å². The monoisotopic (exact) mass is 350 g/mol. The molecule has 0 aliphatic carbocycles. The van der Waals surface area contributed by atoms with E-state index in [1.54, 1.807) is 18.7 Å². The van der Waals surface area contributed by atoms with E-state index in [9.17, 15) is 0 Å². The van der Waals surface area contributed by atoms with Crippen molar-refractivity contribution in [2.75, 3.05) is 38.1 Å². The van der Waals surface area contributed by atoms with E-state index >= 15 is 0 Å².